The minimum Gasteiger partial charge on any atom is -0.352 e. The molecule has 1 aliphatic rings. The van der Waals surface area contributed by atoms with Crippen molar-refractivity contribution >= 4 is 17.0 Å². The van der Waals surface area contributed by atoms with Crippen LogP contribution in [-0.4, -0.2) is 40.6 Å². The topological polar surface area (TPSA) is 53.9 Å². The summed E-state index contributed by atoms with van der Waals surface area (Å²) in [7, 11) is 0. The first kappa shape index (κ1) is 13.2. The zero-order chi connectivity index (χ0) is 13.8. The molecule has 106 valence electrons. The number of hydrogen-bond donors (Lipinski definition) is 1. The number of piperidine rings is 1. The average molecular weight is 271 g/mol. The van der Waals surface area contributed by atoms with Gasteiger partial charge in [0.25, 0.3) is 0 Å². The number of fused-ring (bicyclic) bond motifs is 1. The van der Waals surface area contributed by atoms with Crippen LogP contribution in [0.5, 0.6) is 0 Å². The second-order valence-electron chi connectivity index (χ2n) is 5.26. The summed E-state index contributed by atoms with van der Waals surface area (Å²) in [6.45, 7) is 5.42. The maximum Gasteiger partial charge on any atom is 0.180 e. The zero-order valence-electron chi connectivity index (χ0n) is 11.9. The van der Waals surface area contributed by atoms with Crippen molar-refractivity contribution in [3.63, 3.8) is 0 Å². The largest absolute Gasteiger partial charge is 0.352 e. The Kier molecular flexibility index (Phi) is 4.06. The molecule has 0 amide bonds. The summed E-state index contributed by atoms with van der Waals surface area (Å²) in [5.41, 5.74) is 1.59. The van der Waals surface area contributed by atoms with Gasteiger partial charge in [-0.25, -0.2) is 9.97 Å². The van der Waals surface area contributed by atoms with Crippen LogP contribution in [0.15, 0.2) is 24.5 Å². The van der Waals surface area contributed by atoms with Gasteiger partial charge in [0.05, 0.1) is 0 Å². The molecule has 1 N–H and O–H groups in total. The Bertz CT molecular complexity index is 565. The van der Waals surface area contributed by atoms with Crippen LogP contribution < -0.4 is 10.2 Å². The van der Waals surface area contributed by atoms with E-state index in [0.717, 1.165) is 43.0 Å². The fourth-order valence-corrected chi connectivity index (χ4v) is 2.83. The summed E-state index contributed by atoms with van der Waals surface area (Å²) in [6.07, 6.45) is 6.99. The van der Waals surface area contributed by atoms with Crippen LogP contribution in [0.2, 0.25) is 0 Å². The molecule has 1 atom stereocenters. The van der Waals surface area contributed by atoms with Gasteiger partial charge in [-0.2, -0.15) is 0 Å². The maximum atomic E-state index is 4.69. The minimum atomic E-state index is 0.533. The molecule has 1 aliphatic heterocycles. The second kappa shape index (κ2) is 6.13. The third kappa shape index (κ3) is 2.72. The predicted octanol–water partition coefficient (Wildman–Crippen LogP) is 1.99. The van der Waals surface area contributed by atoms with E-state index in [1.54, 1.807) is 12.4 Å². The summed E-state index contributed by atoms with van der Waals surface area (Å²) in [4.78, 5) is 15.7. The Labute approximate surface area is 119 Å². The lowest BCUT2D eigenvalue weighted by Crippen LogP contribution is -2.46. The van der Waals surface area contributed by atoms with Crippen molar-refractivity contribution in [1.82, 2.24) is 20.3 Å². The van der Waals surface area contributed by atoms with Gasteiger partial charge in [0.1, 0.15) is 11.3 Å². The van der Waals surface area contributed by atoms with E-state index in [-0.39, 0.29) is 0 Å². The highest BCUT2D eigenvalue weighted by Crippen LogP contribution is 2.21. The number of rotatable bonds is 4. The van der Waals surface area contributed by atoms with E-state index in [9.17, 15) is 0 Å². The van der Waals surface area contributed by atoms with Crippen LogP contribution in [0.25, 0.3) is 11.2 Å². The molecule has 0 aliphatic carbocycles. The molecule has 5 heteroatoms. The lowest BCUT2D eigenvalue weighted by atomic mass is 10.1. The van der Waals surface area contributed by atoms with Crippen molar-refractivity contribution in [2.75, 3.05) is 24.5 Å². The Hall–Kier alpha value is -1.75. The van der Waals surface area contributed by atoms with E-state index < -0.39 is 0 Å². The monoisotopic (exact) mass is 271 g/mol. The van der Waals surface area contributed by atoms with Crippen LogP contribution in [-0.2, 0) is 0 Å². The molecule has 5 nitrogen and oxygen atoms in total. The van der Waals surface area contributed by atoms with E-state index in [4.69, 9.17) is 4.98 Å². The van der Waals surface area contributed by atoms with Crippen molar-refractivity contribution in [1.29, 1.82) is 0 Å². The molecule has 2 aromatic rings. The fourth-order valence-electron chi connectivity index (χ4n) is 2.83. The quantitative estimate of drug-likeness (QED) is 0.921. The molecule has 1 unspecified atom stereocenters. The van der Waals surface area contributed by atoms with Crippen molar-refractivity contribution in [2.24, 2.45) is 0 Å². The van der Waals surface area contributed by atoms with E-state index in [0.29, 0.717) is 6.04 Å². The third-order valence-corrected chi connectivity index (χ3v) is 3.79. The molecule has 3 heterocycles. The van der Waals surface area contributed by atoms with E-state index >= 15 is 0 Å². The van der Waals surface area contributed by atoms with Gasteiger partial charge in [0.2, 0.25) is 0 Å². The molecule has 1 fully saturated rings. The van der Waals surface area contributed by atoms with Gasteiger partial charge < -0.3 is 10.2 Å². The molecule has 20 heavy (non-hydrogen) atoms. The highest BCUT2D eigenvalue weighted by Gasteiger charge is 2.21. The third-order valence-electron chi connectivity index (χ3n) is 3.79. The fraction of sp³-hybridized carbons (Fsp3) is 0.533. The van der Waals surface area contributed by atoms with Crippen LogP contribution in [0.1, 0.15) is 26.2 Å². The normalized spacial score (nSPS) is 19.1. The number of anilines is 1. The Morgan fingerprint density at radius 2 is 2.20 bits per heavy atom. The van der Waals surface area contributed by atoms with Gasteiger partial charge in [-0.15, -0.1) is 0 Å². The van der Waals surface area contributed by atoms with Crippen molar-refractivity contribution in [3.05, 3.63) is 24.5 Å². The first-order valence-electron chi connectivity index (χ1n) is 7.43. The Morgan fingerprint density at radius 3 is 3.00 bits per heavy atom. The lowest BCUT2D eigenvalue weighted by molar-refractivity contribution is 0.429. The van der Waals surface area contributed by atoms with Crippen LogP contribution in [0, 0.1) is 0 Å². The number of nitrogens with zero attached hydrogens (tertiary/aromatic N) is 4. The van der Waals surface area contributed by atoms with Crippen LogP contribution >= 0.6 is 0 Å². The smallest absolute Gasteiger partial charge is 0.180 e. The molecule has 2 aromatic heterocycles. The van der Waals surface area contributed by atoms with Crippen LogP contribution in [0.4, 0.5) is 5.82 Å². The van der Waals surface area contributed by atoms with Crippen molar-refractivity contribution in [2.45, 2.75) is 32.2 Å². The Balaban J connectivity index is 1.91. The van der Waals surface area contributed by atoms with Gasteiger partial charge in [-0.1, -0.05) is 6.92 Å². The van der Waals surface area contributed by atoms with E-state index in [1.165, 1.54) is 12.8 Å². The molecule has 0 aromatic carbocycles. The van der Waals surface area contributed by atoms with Gasteiger partial charge >= 0.3 is 0 Å². The number of hydrogen-bond acceptors (Lipinski definition) is 5. The van der Waals surface area contributed by atoms with Gasteiger partial charge in [0, 0.05) is 31.5 Å². The summed E-state index contributed by atoms with van der Waals surface area (Å²) in [5.74, 6) is 1.02. The van der Waals surface area contributed by atoms with Gasteiger partial charge in [-0.3, -0.25) is 4.98 Å². The minimum absolute atomic E-state index is 0.533. The van der Waals surface area contributed by atoms with Crippen LogP contribution in [0.3, 0.4) is 0 Å². The highest BCUT2D eigenvalue weighted by atomic mass is 15.2. The SMILES string of the molecule is CCCN(c1ccc2nccnc2n1)C1CCCNC1. The first-order chi connectivity index (χ1) is 9.88. The van der Waals surface area contributed by atoms with E-state index in [2.05, 4.69) is 33.2 Å². The van der Waals surface area contributed by atoms with Gasteiger partial charge in [0.15, 0.2) is 5.65 Å². The summed E-state index contributed by atoms with van der Waals surface area (Å²) in [6, 6.07) is 4.62. The van der Waals surface area contributed by atoms with Crippen molar-refractivity contribution in [3.8, 4) is 0 Å². The summed E-state index contributed by atoms with van der Waals surface area (Å²) < 4.78 is 0. The van der Waals surface area contributed by atoms with E-state index in [1.807, 2.05) is 6.07 Å². The molecule has 0 radical (unpaired) electrons. The number of aromatic nitrogens is 3. The van der Waals surface area contributed by atoms with Gasteiger partial charge in [-0.05, 0) is 37.9 Å². The molecule has 1 saturated heterocycles. The molecule has 3 rings (SSSR count). The standard InChI is InChI=1S/C15H21N5/c1-2-10-20(12-4-3-7-16-11-12)14-6-5-13-15(19-14)18-9-8-17-13/h5-6,8-9,12,16H,2-4,7,10-11H2,1H3. The number of nitrogens with one attached hydrogen (secondary N) is 1. The predicted molar refractivity (Wildman–Crippen MR) is 80.9 cm³/mol. The zero-order valence-corrected chi connectivity index (χ0v) is 11.9. The average Bonchev–Trinajstić information content (AvgIpc) is 2.53. The highest BCUT2D eigenvalue weighted by molar-refractivity contribution is 5.71. The maximum absolute atomic E-state index is 4.69. The summed E-state index contributed by atoms with van der Waals surface area (Å²) >= 11 is 0. The molecular formula is C15H21N5. The molecule has 0 bridgehead atoms. The lowest BCUT2D eigenvalue weighted by Gasteiger charge is -2.35. The van der Waals surface area contributed by atoms with Crippen molar-refractivity contribution < 1.29 is 0 Å². The first-order valence-corrected chi connectivity index (χ1v) is 7.43. The summed E-state index contributed by atoms with van der Waals surface area (Å²) in [5, 5.41) is 3.48. The molecule has 0 spiro atoms. The molecular weight excluding hydrogens is 250 g/mol. The molecule has 0 saturated carbocycles. The number of pyridine rings is 1. The second-order valence-corrected chi connectivity index (χ2v) is 5.26. The Morgan fingerprint density at radius 1 is 1.30 bits per heavy atom.